The summed E-state index contributed by atoms with van der Waals surface area (Å²) in [5.74, 6) is 0.930. The van der Waals surface area contributed by atoms with Crippen LogP contribution in [0.15, 0.2) is 83.3 Å². The molecule has 1 heterocycles. The second kappa shape index (κ2) is 8.06. The Balaban J connectivity index is 0.00000192. The molecule has 0 saturated heterocycles. The molecule has 4 nitrogen and oxygen atoms in total. The Bertz CT molecular complexity index is 725. The number of aromatic nitrogens is 2. The summed E-state index contributed by atoms with van der Waals surface area (Å²) in [5, 5.41) is 8.90. The molecule has 0 atom stereocenters. The zero-order valence-corrected chi connectivity index (χ0v) is 13.5. The molecule has 0 saturated carbocycles. The molecule has 116 valence electrons. The van der Waals surface area contributed by atoms with E-state index in [1.54, 1.807) is 9.35 Å². The molecule has 0 spiro atoms. The quantitative estimate of drug-likeness (QED) is 0.499. The fourth-order valence-electron chi connectivity index (χ4n) is 2.03. The normalized spacial score (nSPS) is 11.0. The molecule has 0 radical (unpaired) electrons. The van der Waals surface area contributed by atoms with Crippen molar-refractivity contribution in [2.24, 2.45) is 10.2 Å². The molecule has 5 heteroatoms. The third-order valence-corrected chi connectivity index (χ3v) is 3.27. The van der Waals surface area contributed by atoms with Crippen molar-refractivity contribution >= 4 is 12.4 Å². The van der Waals surface area contributed by atoms with Crippen LogP contribution in [0.1, 0.15) is 17.0 Å². The molecule has 2 aromatic carbocycles. The Hall–Kier alpha value is -2.72. The van der Waals surface area contributed by atoms with E-state index in [1.165, 1.54) is 0 Å². The van der Waals surface area contributed by atoms with Crippen LogP contribution in [-0.2, 0) is 0 Å². The zero-order chi connectivity index (χ0) is 15.2. The first-order chi connectivity index (χ1) is 10.8. The lowest BCUT2D eigenvalue weighted by atomic mass is 10.2. The minimum absolute atomic E-state index is 0. The largest absolute Gasteiger partial charge is 1.00 e. The SMILES string of the molecule is C[c+]1n(N=Cc2ccccc2)ccn1N=Cc1ccccc1.[Cl-]. The molecule has 0 N–H and O–H groups in total. The standard InChI is InChI=1S/C18H17N4.ClH/c1-16-21(19-14-17-8-4-2-5-9-17)12-13-22(16)20-15-18-10-6-3-7-11-18;/h2-15H,1H3;1H/q+1;/p-1. The van der Waals surface area contributed by atoms with Gasteiger partial charge in [0.2, 0.25) is 5.82 Å². The number of hydrogen-bond acceptors (Lipinski definition) is 2. The van der Waals surface area contributed by atoms with E-state index in [4.69, 9.17) is 0 Å². The first-order valence-corrected chi connectivity index (χ1v) is 7.11. The van der Waals surface area contributed by atoms with Crippen LogP contribution >= 0.6 is 0 Å². The van der Waals surface area contributed by atoms with E-state index < -0.39 is 0 Å². The monoisotopic (exact) mass is 324 g/mol. The predicted molar refractivity (Wildman–Crippen MR) is 90.4 cm³/mol. The van der Waals surface area contributed by atoms with E-state index in [0.717, 1.165) is 17.0 Å². The van der Waals surface area contributed by atoms with Crippen LogP contribution in [0.5, 0.6) is 0 Å². The summed E-state index contributed by atoms with van der Waals surface area (Å²) in [4.78, 5) is 0. The summed E-state index contributed by atoms with van der Waals surface area (Å²) in [5.41, 5.74) is 2.13. The van der Waals surface area contributed by atoms with Crippen LogP contribution in [0.4, 0.5) is 0 Å². The van der Waals surface area contributed by atoms with Crippen molar-refractivity contribution in [1.29, 1.82) is 0 Å². The molecule has 0 fully saturated rings. The van der Waals surface area contributed by atoms with Gasteiger partial charge in [-0.15, -0.1) is 19.6 Å². The predicted octanol–water partition coefficient (Wildman–Crippen LogP) is 0.648. The van der Waals surface area contributed by atoms with Crippen molar-refractivity contribution in [2.45, 2.75) is 6.92 Å². The van der Waals surface area contributed by atoms with Crippen LogP contribution in [-0.4, -0.2) is 21.8 Å². The van der Waals surface area contributed by atoms with Crippen molar-refractivity contribution < 1.29 is 12.4 Å². The summed E-state index contributed by atoms with van der Waals surface area (Å²) < 4.78 is 3.60. The maximum absolute atomic E-state index is 4.45. The average molecular weight is 325 g/mol. The highest BCUT2D eigenvalue weighted by Gasteiger charge is 2.08. The summed E-state index contributed by atoms with van der Waals surface area (Å²) in [6.07, 6.45) is 7.44. The maximum Gasteiger partial charge on any atom is 0.235 e. The van der Waals surface area contributed by atoms with Crippen LogP contribution in [0.3, 0.4) is 0 Å². The van der Waals surface area contributed by atoms with Gasteiger partial charge in [0.05, 0.1) is 12.4 Å². The summed E-state index contributed by atoms with van der Waals surface area (Å²) >= 11 is 0. The van der Waals surface area contributed by atoms with Gasteiger partial charge in [-0.25, -0.2) is 0 Å². The third kappa shape index (κ3) is 4.37. The zero-order valence-electron chi connectivity index (χ0n) is 12.7. The highest BCUT2D eigenvalue weighted by molar-refractivity contribution is 5.79. The highest BCUT2D eigenvalue weighted by Crippen LogP contribution is 2.03. The van der Waals surface area contributed by atoms with Crippen LogP contribution in [0.25, 0.3) is 0 Å². The van der Waals surface area contributed by atoms with Crippen molar-refractivity contribution in [3.05, 3.63) is 90.0 Å². The number of rotatable bonds is 4. The van der Waals surface area contributed by atoms with Gasteiger partial charge in [0.25, 0.3) is 0 Å². The Morgan fingerprint density at radius 3 is 1.52 bits per heavy atom. The summed E-state index contributed by atoms with van der Waals surface area (Å²) in [7, 11) is 0. The van der Waals surface area contributed by atoms with Gasteiger partial charge in [-0.05, 0) is 11.1 Å². The lowest BCUT2D eigenvalue weighted by Gasteiger charge is -1.94. The molecular weight excluding hydrogens is 308 g/mol. The first-order valence-electron chi connectivity index (χ1n) is 7.11. The molecule has 3 aromatic rings. The number of halogens is 1. The molecule has 0 bridgehead atoms. The van der Waals surface area contributed by atoms with Gasteiger partial charge in [0.15, 0.2) is 12.4 Å². The molecule has 23 heavy (non-hydrogen) atoms. The van der Waals surface area contributed by atoms with Gasteiger partial charge >= 0.3 is 0 Å². The van der Waals surface area contributed by atoms with Gasteiger partial charge in [0.1, 0.15) is 0 Å². The van der Waals surface area contributed by atoms with Gasteiger partial charge in [-0.3, -0.25) is 0 Å². The second-order valence-corrected chi connectivity index (χ2v) is 4.85. The Morgan fingerprint density at radius 1 is 0.739 bits per heavy atom. The summed E-state index contributed by atoms with van der Waals surface area (Å²) in [6.45, 7) is 1.98. The van der Waals surface area contributed by atoms with Gasteiger partial charge in [-0.2, -0.15) is 0 Å². The topological polar surface area (TPSA) is 34.6 Å². The molecule has 0 aliphatic rings. The Kier molecular flexibility index (Phi) is 5.83. The third-order valence-electron chi connectivity index (χ3n) is 3.27. The lowest BCUT2D eigenvalue weighted by molar-refractivity contribution is -0.00000445. The van der Waals surface area contributed by atoms with E-state index >= 15 is 0 Å². The fraction of sp³-hybridized carbons (Fsp3) is 0.0556. The number of hydrogen-bond donors (Lipinski definition) is 0. The molecule has 0 aliphatic heterocycles. The van der Waals surface area contributed by atoms with Crippen molar-refractivity contribution in [3.63, 3.8) is 0 Å². The maximum atomic E-state index is 4.45. The molecule has 1 aromatic heterocycles. The molecular formula is C18H17ClN4. The van der Waals surface area contributed by atoms with Crippen LogP contribution in [0.2, 0.25) is 0 Å². The lowest BCUT2D eigenvalue weighted by Crippen LogP contribution is -3.00. The van der Waals surface area contributed by atoms with E-state index in [9.17, 15) is 0 Å². The minimum atomic E-state index is 0. The number of benzene rings is 2. The van der Waals surface area contributed by atoms with Crippen LogP contribution < -0.4 is 12.4 Å². The molecule has 3 rings (SSSR count). The fourth-order valence-corrected chi connectivity index (χ4v) is 2.03. The number of nitrogens with zero attached hydrogens (tertiary/aromatic N) is 4. The van der Waals surface area contributed by atoms with E-state index in [-0.39, 0.29) is 12.4 Å². The van der Waals surface area contributed by atoms with Crippen molar-refractivity contribution in [1.82, 2.24) is 9.35 Å². The Labute approximate surface area is 141 Å². The van der Waals surface area contributed by atoms with E-state index in [0.29, 0.717) is 0 Å². The van der Waals surface area contributed by atoms with Crippen LogP contribution in [0, 0.1) is 6.92 Å². The van der Waals surface area contributed by atoms with E-state index in [2.05, 4.69) is 10.2 Å². The number of imidazole rings is 1. The molecule has 0 amide bonds. The average Bonchev–Trinajstić information content (AvgIpc) is 2.93. The smallest absolute Gasteiger partial charge is 0.235 e. The van der Waals surface area contributed by atoms with Crippen molar-refractivity contribution in [2.75, 3.05) is 0 Å². The Morgan fingerprint density at radius 2 is 1.13 bits per heavy atom. The molecule has 0 unspecified atom stereocenters. The minimum Gasteiger partial charge on any atom is -1.00 e. The van der Waals surface area contributed by atoms with Gasteiger partial charge in [0, 0.05) is 6.92 Å². The first kappa shape index (κ1) is 16.6. The van der Waals surface area contributed by atoms with Crippen molar-refractivity contribution in [3.8, 4) is 0 Å². The van der Waals surface area contributed by atoms with Gasteiger partial charge < -0.3 is 12.4 Å². The second-order valence-electron chi connectivity index (χ2n) is 4.85. The van der Waals surface area contributed by atoms with E-state index in [1.807, 2.05) is 92.4 Å². The highest BCUT2D eigenvalue weighted by atomic mass is 35.5. The summed E-state index contributed by atoms with van der Waals surface area (Å²) in [6, 6.07) is 20.0. The molecule has 0 aliphatic carbocycles. The van der Waals surface area contributed by atoms with Gasteiger partial charge in [-0.1, -0.05) is 60.7 Å².